The van der Waals surface area contributed by atoms with Crippen molar-refractivity contribution in [2.75, 3.05) is 0 Å². The third kappa shape index (κ3) is 3.62. The van der Waals surface area contributed by atoms with Gasteiger partial charge in [-0.1, -0.05) is 56.2 Å². The highest BCUT2D eigenvalue weighted by atomic mass is 16.5. The Balaban J connectivity index is 2.19. The van der Waals surface area contributed by atoms with E-state index < -0.39 is 5.41 Å². The highest BCUT2D eigenvalue weighted by molar-refractivity contribution is 5.89. The van der Waals surface area contributed by atoms with Gasteiger partial charge in [0.25, 0.3) is 0 Å². The summed E-state index contributed by atoms with van der Waals surface area (Å²) in [6.45, 7) is 10.7. The van der Waals surface area contributed by atoms with Crippen LogP contribution in [-0.4, -0.2) is 12.1 Å². The van der Waals surface area contributed by atoms with Crippen LogP contribution in [0.3, 0.4) is 0 Å². The van der Waals surface area contributed by atoms with Crippen LogP contribution in [0.4, 0.5) is 0 Å². The van der Waals surface area contributed by atoms with Crippen LogP contribution in [0.5, 0.6) is 0 Å². The molecule has 1 atom stereocenters. The third-order valence-electron chi connectivity index (χ3n) is 6.71. The van der Waals surface area contributed by atoms with Crippen LogP contribution in [0, 0.1) is 27.7 Å². The van der Waals surface area contributed by atoms with Crippen LogP contribution in [0.2, 0.25) is 0 Å². The molecule has 2 aromatic carbocycles. The molecule has 1 saturated heterocycles. The summed E-state index contributed by atoms with van der Waals surface area (Å²) in [5, 5.41) is 0. The van der Waals surface area contributed by atoms with E-state index in [0.717, 1.165) is 49.7 Å². The van der Waals surface area contributed by atoms with Crippen molar-refractivity contribution in [1.82, 2.24) is 0 Å². The van der Waals surface area contributed by atoms with Crippen molar-refractivity contribution in [3.05, 3.63) is 69.8 Å². The molecule has 0 saturated carbocycles. The first kappa shape index (κ1) is 20.6. The Morgan fingerprint density at radius 1 is 0.964 bits per heavy atom. The minimum Gasteiger partial charge on any atom is -0.461 e. The fourth-order valence-electron chi connectivity index (χ4n) is 4.70. The first-order valence-corrected chi connectivity index (χ1v) is 10.8. The van der Waals surface area contributed by atoms with Crippen molar-refractivity contribution >= 4 is 5.97 Å². The SMILES string of the molecule is CCCCC1CCCC(c2cccc(C)c2C)(c2cccc(C)c2C)C(=O)O1. The van der Waals surface area contributed by atoms with E-state index in [9.17, 15) is 4.79 Å². The molecular formula is C26H34O2. The van der Waals surface area contributed by atoms with Crippen molar-refractivity contribution in [2.45, 2.75) is 84.7 Å². The molecule has 0 aliphatic carbocycles. The van der Waals surface area contributed by atoms with Gasteiger partial charge in [0.2, 0.25) is 0 Å². The zero-order valence-electron chi connectivity index (χ0n) is 18.1. The molecule has 2 heteroatoms. The van der Waals surface area contributed by atoms with E-state index in [1.807, 2.05) is 0 Å². The predicted octanol–water partition coefficient (Wildman–Crippen LogP) is 6.49. The molecule has 2 aromatic rings. The van der Waals surface area contributed by atoms with Crippen molar-refractivity contribution in [1.29, 1.82) is 0 Å². The number of esters is 1. The molecule has 2 nitrogen and oxygen atoms in total. The summed E-state index contributed by atoms with van der Waals surface area (Å²) in [7, 11) is 0. The number of cyclic esters (lactones) is 1. The molecule has 0 amide bonds. The van der Waals surface area contributed by atoms with Crippen LogP contribution in [0.1, 0.15) is 78.8 Å². The van der Waals surface area contributed by atoms with E-state index in [-0.39, 0.29) is 12.1 Å². The Morgan fingerprint density at radius 3 is 2.07 bits per heavy atom. The Bertz CT molecular complexity index is 798. The van der Waals surface area contributed by atoms with E-state index in [1.165, 1.54) is 22.3 Å². The molecule has 28 heavy (non-hydrogen) atoms. The van der Waals surface area contributed by atoms with Gasteiger partial charge in [-0.05, 0) is 86.8 Å². The summed E-state index contributed by atoms with van der Waals surface area (Å²) in [6, 6.07) is 12.7. The number of carbonyl (C=O) groups is 1. The molecule has 0 bridgehead atoms. The number of hydrogen-bond acceptors (Lipinski definition) is 2. The lowest BCUT2D eigenvalue weighted by molar-refractivity contribution is -0.153. The van der Waals surface area contributed by atoms with E-state index in [1.54, 1.807) is 0 Å². The van der Waals surface area contributed by atoms with Crippen molar-refractivity contribution < 1.29 is 9.53 Å². The highest BCUT2D eigenvalue weighted by Gasteiger charge is 2.47. The third-order valence-corrected chi connectivity index (χ3v) is 6.71. The van der Waals surface area contributed by atoms with Crippen LogP contribution >= 0.6 is 0 Å². The molecule has 0 radical (unpaired) electrons. The molecule has 1 unspecified atom stereocenters. The van der Waals surface area contributed by atoms with Gasteiger partial charge in [-0.15, -0.1) is 0 Å². The van der Waals surface area contributed by atoms with Crippen LogP contribution in [0.15, 0.2) is 36.4 Å². The number of carbonyl (C=O) groups excluding carboxylic acids is 1. The van der Waals surface area contributed by atoms with E-state index in [4.69, 9.17) is 4.74 Å². The molecule has 0 spiro atoms. The molecule has 1 aliphatic heterocycles. The van der Waals surface area contributed by atoms with E-state index in [2.05, 4.69) is 71.0 Å². The quantitative estimate of drug-likeness (QED) is 0.556. The lowest BCUT2D eigenvalue weighted by Gasteiger charge is -2.35. The molecule has 1 aliphatic rings. The maximum absolute atomic E-state index is 13.8. The first-order chi connectivity index (χ1) is 13.4. The topological polar surface area (TPSA) is 26.3 Å². The van der Waals surface area contributed by atoms with Gasteiger partial charge in [-0.2, -0.15) is 0 Å². The predicted molar refractivity (Wildman–Crippen MR) is 116 cm³/mol. The Kier molecular flexibility index (Phi) is 6.27. The zero-order valence-corrected chi connectivity index (χ0v) is 18.1. The fourth-order valence-corrected chi connectivity index (χ4v) is 4.70. The Hall–Kier alpha value is -2.09. The van der Waals surface area contributed by atoms with Gasteiger partial charge in [-0.3, -0.25) is 4.79 Å². The molecule has 1 fully saturated rings. The minimum absolute atomic E-state index is 0.0459. The summed E-state index contributed by atoms with van der Waals surface area (Å²) < 4.78 is 6.19. The molecular weight excluding hydrogens is 344 g/mol. The fraction of sp³-hybridized carbons (Fsp3) is 0.500. The average Bonchev–Trinajstić information content (AvgIpc) is 2.84. The number of ether oxygens (including phenoxy) is 1. The number of benzene rings is 2. The van der Waals surface area contributed by atoms with Crippen LogP contribution in [0.25, 0.3) is 0 Å². The minimum atomic E-state index is -0.715. The van der Waals surface area contributed by atoms with E-state index in [0.29, 0.717) is 0 Å². The highest BCUT2D eigenvalue weighted by Crippen LogP contribution is 2.45. The summed E-state index contributed by atoms with van der Waals surface area (Å²) in [4.78, 5) is 13.8. The lowest BCUT2D eigenvalue weighted by Crippen LogP contribution is -2.40. The van der Waals surface area contributed by atoms with E-state index >= 15 is 0 Å². The summed E-state index contributed by atoms with van der Waals surface area (Å²) in [5.74, 6) is -0.0616. The van der Waals surface area contributed by atoms with Crippen LogP contribution in [-0.2, 0) is 14.9 Å². The standard InChI is InChI=1S/C26H34O2/c1-6-7-13-22-14-10-17-26(25(27)28-22,23-15-8-11-18(2)20(23)4)24-16-9-12-19(3)21(24)5/h8-9,11-12,15-16,22H,6-7,10,13-14,17H2,1-5H3. The van der Waals surface area contributed by atoms with Crippen LogP contribution < -0.4 is 0 Å². The van der Waals surface area contributed by atoms with Crippen molar-refractivity contribution in [2.24, 2.45) is 0 Å². The Morgan fingerprint density at radius 2 is 1.54 bits per heavy atom. The number of rotatable bonds is 5. The zero-order chi connectivity index (χ0) is 20.3. The molecule has 1 heterocycles. The van der Waals surface area contributed by atoms with Crippen molar-refractivity contribution in [3.63, 3.8) is 0 Å². The van der Waals surface area contributed by atoms with Gasteiger partial charge in [0.15, 0.2) is 0 Å². The lowest BCUT2D eigenvalue weighted by atomic mass is 9.68. The second kappa shape index (κ2) is 8.51. The molecule has 0 N–H and O–H groups in total. The summed E-state index contributed by atoms with van der Waals surface area (Å²) in [5.41, 5.74) is 6.36. The van der Waals surface area contributed by atoms with Gasteiger partial charge in [0, 0.05) is 0 Å². The second-order valence-electron chi connectivity index (χ2n) is 8.46. The van der Waals surface area contributed by atoms with Gasteiger partial charge < -0.3 is 4.74 Å². The van der Waals surface area contributed by atoms with Gasteiger partial charge in [-0.25, -0.2) is 0 Å². The van der Waals surface area contributed by atoms with Crippen molar-refractivity contribution in [3.8, 4) is 0 Å². The monoisotopic (exact) mass is 378 g/mol. The molecule has 150 valence electrons. The molecule has 3 rings (SSSR count). The second-order valence-corrected chi connectivity index (χ2v) is 8.46. The van der Waals surface area contributed by atoms with Gasteiger partial charge in [0.05, 0.1) is 0 Å². The number of aryl methyl sites for hydroxylation is 2. The maximum atomic E-state index is 13.8. The van der Waals surface area contributed by atoms with Gasteiger partial charge in [0.1, 0.15) is 11.5 Å². The molecule has 0 aromatic heterocycles. The summed E-state index contributed by atoms with van der Waals surface area (Å²) >= 11 is 0. The smallest absolute Gasteiger partial charge is 0.321 e. The average molecular weight is 379 g/mol. The number of unbranched alkanes of at least 4 members (excludes halogenated alkanes) is 1. The van der Waals surface area contributed by atoms with Gasteiger partial charge >= 0.3 is 5.97 Å². The largest absolute Gasteiger partial charge is 0.461 e. The maximum Gasteiger partial charge on any atom is 0.321 e. The normalized spacial score (nSPS) is 19.2. The number of hydrogen-bond donors (Lipinski definition) is 0. The summed E-state index contributed by atoms with van der Waals surface area (Å²) in [6.07, 6.45) is 6.03. The Labute approximate surface area is 170 Å². The first-order valence-electron chi connectivity index (χ1n) is 10.8.